The van der Waals surface area contributed by atoms with E-state index < -0.39 is 6.10 Å². The van der Waals surface area contributed by atoms with Crippen LogP contribution in [0.1, 0.15) is 284 Å². The molecule has 0 spiro atoms. The van der Waals surface area contributed by atoms with Crippen LogP contribution < -0.4 is 0 Å². The Labute approximate surface area is 445 Å². The van der Waals surface area contributed by atoms with Crippen molar-refractivity contribution in [2.75, 3.05) is 13.2 Å². The molecule has 0 bridgehead atoms. The molecule has 1 unspecified atom stereocenters. The molecule has 0 radical (unpaired) electrons. The summed E-state index contributed by atoms with van der Waals surface area (Å²) in [5.41, 5.74) is 0. The fraction of sp³-hybridized carbons (Fsp3) is 0.712. The second-order valence-corrected chi connectivity index (χ2v) is 19.9. The predicted octanol–water partition coefficient (Wildman–Crippen LogP) is 20.5. The van der Waals surface area contributed by atoms with Crippen LogP contribution >= 0.6 is 0 Å². The summed E-state index contributed by atoms with van der Waals surface area (Å²) in [4.78, 5) is 38.2. The van der Waals surface area contributed by atoms with Crippen LogP contribution in [0.3, 0.4) is 0 Å². The van der Waals surface area contributed by atoms with Crippen molar-refractivity contribution in [2.24, 2.45) is 0 Å². The van der Waals surface area contributed by atoms with Crippen molar-refractivity contribution in [1.82, 2.24) is 0 Å². The van der Waals surface area contributed by atoms with E-state index >= 15 is 0 Å². The average Bonchev–Trinajstić information content (AvgIpc) is 3.38. The van der Waals surface area contributed by atoms with Crippen LogP contribution in [0.15, 0.2) is 97.2 Å². The molecule has 0 aliphatic heterocycles. The maximum atomic E-state index is 12.9. The van der Waals surface area contributed by atoms with Gasteiger partial charge < -0.3 is 14.2 Å². The zero-order chi connectivity index (χ0) is 52.2. The third-order valence-electron chi connectivity index (χ3n) is 12.8. The van der Waals surface area contributed by atoms with Gasteiger partial charge in [-0.2, -0.15) is 0 Å². The number of allylic oxidation sites excluding steroid dienone is 16. The monoisotopic (exact) mass is 1000 g/mol. The number of esters is 3. The Morgan fingerprint density at radius 2 is 0.542 bits per heavy atom. The van der Waals surface area contributed by atoms with E-state index in [4.69, 9.17) is 14.2 Å². The first-order valence-electron chi connectivity index (χ1n) is 30.2. The number of ether oxygens (including phenoxy) is 3. The summed E-state index contributed by atoms with van der Waals surface area (Å²) in [6.07, 6.45) is 79.7. The van der Waals surface area contributed by atoms with Crippen molar-refractivity contribution < 1.29 is 28.6 Å². The minimum Gasteiger partial charge on any atom is -0.462 e. The van der Waals surface area contributed by atoms with Gasteiger partial charge >= 0.3 is 17.9 Å². The Kier molecular flexibility index (Phi) is 56.8. The molecule has 6 heteroatoms. The number of carbonyl (C=O) groups is 3. The molecule has 412 valence electrons. The lowest BCUT2D eigenvalue weighted by Crippen LogP contribution is -2.30. The van der Waals surface area contributed by atoms with Crippen molar-refractivity contribution in [2.45, 2.75) is 290 Å². The third-order valence-corrected chi connectivity index (χ3v) is 12.8. The molecule has 0 saturated heterocycles. The molecule has 0 aromatic carbocycles. The maximum Gasteiger partial charge on any atom is 0.306 e. The van der Waals surface area contributed by atoms with Crippen molar-refractivity contribution in [3.63, 3.8) is 0 Å². The lowest BCUT2D eigenvalue weighted by Gasteiger charge is -2.18. The van der Waals surface area contributed by atoms with Crippen LogP contribution in [0.2, 0.25) is 0 Å². The SMILES string of the molecule is CC/C=C\C/C=C\C/C=C\C/C=C\CCCCC(=O)OCC(COC(=O)CCCCCCCCCCC/C=C\C/C=C\CCCCCCC)OC(=O)CCCCCCCCC/C=C\C/C=C\CCCCCC. The van der Waals surface area contributed by atoms with Crippen LogP contribution in [0.25, 0.3) is 0 Å². The fourth-order valence-electron chi connectivity index (χ4n) is 8.26. The van der Waals surface area contributed by atoms with Crippen molar-refractivity contribution in [3.05, 3.63) is 97.2 Å². The molecule has 0 aromatic rings. The number of carbonyl (C=O) groups excluding carboxylic acids is 3. The maximum absolute atomic E-state index is 12.9. The highest BCUT2D eigenvalue weighted by Crippen LogP contribution is 2.15. The molecule has 72 heavy (non-hydrogen) atoms. The van der Waals surface area contributed by atoms with E-state index in [2.05, 4.69) is 118 Å². The summed E-state index contributed by atoms with van der Waals surface area (Å²) in [6, 6.07) is 0. The Morgan fingerprint density at radius 1 is 0.292 bits per heavy atom. The van der Waals surface area contributed by atoms with Gasteiger partial charge in [-0.15, -0.1) is 0 Å². The molecule has 0 aliphatic rings. The number of hydrogen-bond donors (Lipinski definition) is 0. The van der Waals surface area contributed by atoms with E-state index in [9.17, 15) is 14.4 Å². The molecule has 0 amide bonds. The molecule has 0 saturated carbocycles. The molecule has 0 N–H and O–H groups in total. The zero-order valence-corrected chi connectivity index (χ0v) is 47.2. The van der Waals surface area contributed by atoms with Gasteiger partial charge in [0.15, 0.2) is 6.10 Å². The Hall–Kier alpha value is -3.67. The molecular weight excluding hydrogens is 889 g/mol. The van der Waals surface area contributed by atoms with Gasteiger partial charge in [-0.3, -0.25) is 14.4 Å². The van der Waals surface area contributed by atoms with Gasteiger partial charge in [0, 0.05) is 19.3 Å². The average molecular weight is 1000 g/mol. The molecule has 0 fully saturated rings. The summed E-state index contributed by atoms with van der Waals surface area (Å²) >= 11 is 0. The summed E-state index contributed by atoms with van der Waals surface area (Å²) < 4.78 is 16.9. The normalized spacial score (nSPS) is 12.8. The molecule has 0 aromatic heterocycles. The first-order chi connectivity index (χ1) is 35.5. The fourth-order valence-corrected chi connectivity index (χ4v) is 8.26. The van der Waals surface area contributed by atoms with Crippen LogP contribution in [0, 0.1) is 0 Å². The Balaban J connectivity index is 4.43. The standard InChI is InChI=1S/C66H112O6/c1-4-7-10-13-16-19-22-25-28-30-32-33-34-36-38-41-44-47-50-53-56-59-65(68)71-62-63(61-70-64(67)58-55-52-49-46-43-40-37-27-24-21-18-15-12-9-6-3)72-66(69)60-57-54-51-48-45-42-39-35-31-29-26-23-20-17-14-11-8-5-2/h9,12,18,20-23,25,27,29-32,37,43,46,63H,4-8,10-11,13-17,19,24,26,28,33-36,38-42,44-45,47-62H2,1-3H3/b12-9-,21-18-,23-20-,25-22-,31-29-,32-30-,37-27-,46-43-. The van der Waals surface area contributed by atoms with E-state index in [1.165, 1.54) is 141 Å². The lowest BCUT2D eigenvalue weighted by atomic mass is 10.1. The summed E-state index contributed by atoms with van der Waals surface area (Å²) in [6.45, 7) is 6.47. The van der Waals surface area contributed by atoms with Crippen LogP contribution in [-0.4, -0.2) is 37.2 Å². The third kappa shape index (κ3) is 57.2. The molecular formula is C66H112O6. The van der Waals surface area contributed by atoms with E-state index in [1.807, 2.05) is 0 Å². The highest BCUT2D eigenvalue weighted by atomic mass is 16.6. The van der Waals surface area contributed by atoms with Crippen molar-refractivity contribution >= 4 is 17.9 Å². The van der Waals surface area contributed by atoms with E-state index in [-0.39, 0.29) is 31.1 Å². The Morgan fingerprint density at radius 3 is 0.889 bits per heavy atom. The van der Waals surface area contributed by atoms with E-state index in [0.717, 1.165) is 103 Å². The first-order valence-corrected chi connectivity index (χ1v) is 30.2. The predicted molar refractivity (Wildman–Crippen MR) is 311 cm³/mol. The summed E-state index contributed by atoms with van der Waals surface area (Å²) in [5.74, 6) is -0.946. The topological polar surface area (TPSA) is 78.9 Å². The second-order valence-electron chi connectivity index (χ2n) is 19.9. The molecule has 1 atom stereocenters. The summed E-state index contributed by atoms with van der Waals surface area (Å²) in [5, 5.41) is 0. The van der Waals surface area contributed by atoms with Crippen LogP contribution in [-0.2, 0) is 28.6 Å². The van der Waals surface area contributed by atoms with Gasteiger partial charge in [-0.25, -0.2) is 0 Å². The lowest BCUT2D eigenvalue weighted by molar-refractivity contribution is -0.167. The summed E-state index contributed by atoms with van der Waals surface area (Å²) in [7, 11) is 0. The second kappa shape index (κ2) is 59.9. The molecule has 0 heterocycles. The molecule has 0 aliphatic carbocycles. The van der Waals surface area contributed by atoms with Crippen LogP contribution in [0.4, 0.5) is 0 Å². The molecule has 6 nitrogen and oxygen atoms in total. The zero-order valence-electron chi connectivity index (χ0n) is 47.2. The van der Waals surface area contributed by atoms with Gasteiger partial charge in [0.25, 0.3) is 0 Å². The highest BCUT2D eigenvalue weighted by Gasteiger charge is 2.19. The number of unbranched alkanes of at least 4 members (excludes halogenated alkanes) is 27. The smallest absolute Gasteiger partial charge is 0.306 e. The van der Waals surface area contributed by atoms with Gasteiger partial charge in [-0.05, 0) is 122 Å². The van der Waals surface area contributed by atoms with Gasteiger partial charge in [-0.1, -0.05) is 240 Å². The van der Waals surface area contributed by atoms with E-state index in [1.54, 1.807) is 0 Å². The van der Waals surface area contributed by atoms with Crippen LogP contribution in [0.5, 0.6) is 0 Å². The first kappa shape index (κ1) is 68.3. The van der Waals surface area contributed by atoms with Crippen molar-refractivity contribution in [3.8, 4) is 0 Å². The minimum absolute atomic E-state index is 0.0964. The highest BCUT2D eigenvalue weighted by molar-refractivity contribution is 5.71. The van der Waals surface area contributed by atoms with E-state index in [0.29, 0.717) is 19.3 Å². The quantitative estimate of drug-likeness (QED) is 0.0261. The van der Waals surface area contributed by atoms with Gasteiger partial charge in [0.1, 0.15) is 13.2 Å². The number of rotatable bonds is 54. The minimum atomic E-state index is -0.803. The van der Waals surface area contributed by atoms with Crippen molar-refractivity contribution in [1.29, 1.82) is 0 Å². The molecule has 0 rings (SSSR count). The van der Waals surface area contributed by atoms with Gasteiger partial charge in [0.05, 0.1) is 0 Å². The largest absolute Gasteiger partial charge is 0.462 e. The van der Waals surface area contributed by atoms with Gasteiger partial charge in [0.2, 0.25) is 0 Å². The number of hydrogen-bond acceptors (Lipinski definition) is 6. The Bertz CT molecular complexity index is 1430.